The summed E-state index contributed by atoms with van der Waals surface area (Å²) in [5, 5.41) is 11.2. The minimum atomic E-state index is -0.959. The van der Waals surface area contributed by atoms with Crippen molar-refractivity contribution >= 4 is 0 Å². The van der Waals surface area contributed by atoms with Gasteiger partial charge in [0.05, 0.1) is 18.4 Å². The van der Waals surface area contributed by atoms with Crippen LogP contribution in [0, 0.1) is 17.8 Å². The average Bonchev–Trinajstić information content (AvgIpc) is 2.84. The number of benzene rings is 1. The zero-order chi connectivity index (χ0) is 22.0. The van der Waals surface area contributed by atoms with Gasteiger partial charge in [-0.15, -0.1) is 0 Å². The Balaban J connectivity index is 1.50. The summed E-state index contributed by atoms with van der Waals surface area (Å²) in [6.07, 6.45) is 6.12. The lowest BCUT2D eigenvalue weighted by atomic mass is 9.76. The smallest absolute Gasteiger partial charge is 0.212 e. The van der Waals surface area contributed by atoms with Gasteiger partial charge in [0.25, 0.3) is 0 Å². The van der Waals surface area contributed by atoms with Gasteiger partial charge in [0.15, 0.2) is 5.82 Å². The molecule has 6 nitrogen and oxygen atoms in total. The summed E-state index contributed by atoms with van der Waals surface area (Å²) in [7, 11) is 1.59. The van der Waals surface area contributed by atoms with Crippen LogP contribution in [0.3, 0.4) is 0 Å². The number of piperidine rings is 3. The van der Waals surface area contributed by atoms with E-state index in [9.17, 15) is 5.11 Å². The first-order valence-electron chi connectivity index (χ1n) is 11.0. The fourth-order valence-electron chi connectivity index (χ4n) is 4.57. The van der Waals surface area contributed by atoms with E-state index in [0.717, 1.165) is 48.3 Å². The first kappa shape index (κ1) is 20.6. The highest BCUT2D eigenvalue weighted by Gasteiger charge is 2.44. The minimum absolute atomic E-state index is 0.239. The second-order valence-corrected chi connectivity index (χ2v) is 8.53. The Kier molecular flexibility index (Phi) is 5.60. The molecule has 162 valence electrons. The molecule has 0 saturated carbocycles. The SMILES string of the molecule is COc1ccc(-c2ncc(C#CC3(O)CN4CCC3CC4)c(Cc3ccccc3)n2)cn1. The highest BCUT2D eigenvalue weighted by Crippen LogP contribution is 2.35. The summed E-state index contributed by atoms with van der Waals surface area (Å²) in [4.78, 5) is 16.0. The minimum Gasteiger partial charge on any atom is -0.481 e. The second kappa shape index (κ2) is 8.70. The van der Waals surface area contributed by atoms with Gasteiger partial charge in [-0.05, 0) is 37.6 Å². The van der Waals surface area contributed by atoms with Crippen molar-refractivity contribution in [1.82, 2.24) is 19.9 Å². The van der Waals surface area contributed by atoms with Crippen molar-refractivity contribution in [1.29, 1.82) is 0 Å². The van der Waals surface area contributed by atoms with E-state index in [4.69, 9.17) is 9.72 Å². The van der Waals surface area contributed by atoms with Crippen LogP contribution >= 0.6 is 0 Å². The first-order valence-corrected chi connectivity index (χ1v) is 11.0. The molecule has 5 heterocycles. The van der Waals surface area contributed by atoms with Crippen LogP contribution in [0.15, 0.2) is 54.9 Å². The molecular formula is C26H26N4O2. The zero-order valence-corrected chi connectivity index (χ0v) is 18.2. The molecule has 3 fully saturated rings. The molecule has 1 N–H and O–H groups in total. The quantitative estimate of drug-likeness (QED) is 0.647. The molecule has 1 aromatic carbocycles. The Morgan fingerprint density at radius 1 is 1.09 bits per heavy atom. The zero-order valence-electron chi connectivity index (χ0n) is 18.2. The van der Waals surface area contributed by atoms with E-state index >= 15 is 0 Å². The molecule has 6 heteroatoms. The molecule has 6 rings (SSSR count). The van der Waals surface area contributed by atoms with Crippen LogP contribution < -0.4 is 4.74 Å². The molecule has 2 bridgehead atoms. The largest absolute Gasteiger partial charge is 0.481 e. The third-order valence-corrected chi connectivity index (χ3v) is 6.43. The van der Waals surface area contributed by atoms with Crippen molar-refractivity contribution in [3.05, 3.63) is 71.7 Å². The normalized spacial score (nSPS) is 23.9. The van der Waals surface area contributed by atoms with Crippen LogP contribution in [0.2, 0.25) is 0 Å². The maximum Gasteiger partial charge on any atom is 0.212 e. The summed E-state index contributed by atoms with van der Waals surface area (Å²) in [6.45, 7) is 2.73. The van der Waals surface area contributed by atoms with E-state index in [2.05, 4.69) is 38.8 Å². The van der Waals surface area contributed by atoms with Gasteiger partial charge in [0, 0.05) is 42.9 Å². The van der Waals surface area contributed by atoms with Gasteiger partial charge in [-0.3, -0.25) is 4.90 Å². The highest BCUT2D eigenvalue weighted by molar-refractivity contribution is 5.55. The van der Waals surface area contributed by atoms with E-state index in [-0.39, 0.29) is 5.92 Å². The maximum absolute atomic E-state index is 11.2. The van der Waals surface area contributed by atoms with E-state index < -0.39 is 5.60 Å². The van der Waals surface area contributed by atoms with E-state index in [0.29, 0.717) is 24.7 Å². The molecule has 0 spiro atoms. The van der Waals surface area contributed by atoms with E-state index in [1.165, 1.54) is 0 Å². The van der Waals surface area contributed by atoms with Crippen LogP contribution in [0.25, 0.3) is 11.4 Å². The summed E-state index contributed by atoms with van der Waals surface area (Å²) < 4.78 is 5.15. The van der Waals surface area contributed by atoms with Gasteiger partial charge in [0.2, 0.25) is 5.88 Å². The molecule has 3 aliphatic rings. The van der Waals surface area contributed by atoms with Gasteiger partial charge in [-0.25, -0.2) is 15.0 Å². The van der Waals surface area contributed by atoms with Crippen LogP contribution in [-0.2, 0) is 6.42 Å². The lowest BCUT2D eigenvalue weighted by Crippen LogP contribution is -2.58. The predicted molar refractivity (Wildman–Crippen MR) is 122 cm³/mol. The van der Waals surface area contributed by atoms with Crippen LogP contribution in [-0.4, -0.2) is 57.3 Å². The monoisotopic (exact) mass is 426 g/mol. The number of fused-ring (bicyclic) bond motifs is 3. The third kappa shape index (κ3) is 4.22. The fraction of sp³-hybridized carbons (Fsp3) is 0.346. The number of ether oxygens (including phenoxy) is 1. The summed E-state index contributed by atoms with van der Waals surface area (Å²) in [6, 6.07) is 13.9. The number of aromatic nitrogens is 3. The highest BCUT2D eigenvalue weighted by atomic mass is 16.5. The van der Waals surface area contributed by atoms with E-state index in [1.807, 2.05) is 24.3 Å². The van der Waals surface area contributed by atoms with Crippen molar-refractivity contribution < 1.29 is 9.84 Å². The number of methoxy groups -OCH3 is 1. The number of hydrogen-bond acceptors (Lipinski definition) is 6. The lowest BCUT2D eigenvalue weighted by molar-refractivity contribution is -0.0713. The van der Waals surface area contributed by atoms with Gasteiger partial charge in [-0.1, -0.05) is 42.2 Å². The molecule has 0 aliphatic carbocycles. The Morgan fingerprint density at radius 2 is 1.91 bits per heavy atom. The molecule has 1 unspecified atom stereocenters. The van der Waals surface area contributed by atoms with Gasteiger partial charge >= 0.3 is 0 Å². The van der Waals surface area contributed by atoms with E-state index in [1.54, 1.807) is 25.6 Å². The molecule has 3 aliphatic heterocycles. The second-order valence-electron chi connectivity index (χ2n) is 8.53. The molecule has 0 radical (unpaired) electrons. The van der Waals surface area contributed by atoms with Crippen LogP contribution in [0.5, 0.6) is 5.88 Å². The molecule has 3 aromatic rings. The van der Waals surface area contributed by atoms with Crippen molar-refractivity contribution in [2.24, 2.45) is 5.92 Å². The fourth-order valence-corrected chi connectivity index (χ4v) is 4.57. The van der Waals surface area contributed by atoms with Crippen molar-refractivity contribution in [3.8, 4) is 29.1 Å². The third-order valence-electron chi connectivity index (χ3n) is 6.43. The predicted octanol–water partition coefficient (Wildman–Crippen LogP) is 2.95. The molecule has 32 heavy (non-hydrogen) atoms. The number of nitrogens with zero attached hydrogens (tertiary/aromatic N) is 4. The Hall–Kier alpha value is -3.27. The van der Waals surface area contributed by atoms with Crippen molar-refractivity contribution in [2.45, 2.75) is 24.9 Å². The lowest BCUT2D eigenvalue weighted by Gasteiger charge is -2.47. The Bertz CT molecular complexity index is 1150. The van der Waals surface area contributed by atoms with Gasteiger partial charge < -0.3 is 9.84 Å². The number of pyridine rings is 1. The Morgan fingerprint density at radius 3 is 2.56 bits per heavy atom. The molecule has 0 amide bonds. The van der Waals surface area contributed by atoms with Crippen LogP contribution in [0.4, 0.5) is 0 Å². The van der Waals surface area contributed by atoms with Gasteiger partial charge in [0.1, 0.15) is 5.60 Å². The number of aliphatic hydroxyl groups is 1. The Labute approximate surface area is 188 Å². The molecular weight excluding hydrogens is 400 g/mol. The number of hydrogen-bond donors (Lipinski definition) is 1. The van der Waals surface area contributed by atoms with Gasteiger partial charge in [-0.2, -0.15) is 0 Å². The molecule has 2 aromatic heterocycles. The summed E-state index contributed by atoms with van der Waals surface area (Å²) in [5.41, 5.74) is 2.60. The molecule has 3 saturated heterocycles. The van der Waals surface area contributed by atoms with Crippen molar-refractivity contribution in [2.75, 3.05) is 26.7 Å². The van der Waals surface area contributed by atoms with Crippen molar-refractivity contribution in [3.63, 3.8) is 0 Å². The van der Waals surface area contributed by atoms with Crippen LogP contribution in [0.1, 0.15) is 29.7 Å². The maximum atomic E-state index is 11.2. The first-order chi connectivity index (χ1) is 15.6. The topological polar surface area (TPSA) is 71.4 Å². The summed E-state index contributed by atoms with van der Waals surface area (Å²) >= 11 is 0. The molecule has 1 atom stereocenters. The standard InChI is InChI=1S/C26H26N4O2/c1-32-24-8-7-21(17-27-24)25-28-16-20(23(29-25)15-19-5-3-2-4-6-19)9-12-26(31)18-30-13-10-22(26)11-14-30/h2-8,16-17,22,31H,10-11,13-15,18H2,1H3. The summed E-state index contributed by atoms with van der Waals surface area (Å²) in [5.74, 6) is 7.82. The average molecular weight is 427 g/mol. The number of rotatable bonds is 4.